The molecule has 8 nitrogen and oxygen atoms in total. The SMILES string of the molecule is CO[C@H]1[C@H](N(C)C(=O)c2cc(C)[nH]c(=O)n2)COC[C@H]1OC. The molecule has 0 unspecified atom stereocenters. The highest BCUT2D eigenvalue weighted by molar-refractivity contribution is 5.92. The molecular formula is C14H21N3O5. The summed E-state index contributed by atoms with van der Waals surface area (Å²) in [7, 11) is 4.79. The zero-order valence-electron chi connectivity index (χ0n) is 13.2. The molecule has 22 heavy (non-hydrogen) atoms. The van der Waals surface area contributed by atoms with Gasteiger partial charge in [0.2, 0.25) is 0 Å². The maximum absolute atomic E-state index is 12.6. The van der Waals surface area contributed by atoms with Gasteiger partial charge in [0.1, 0.15) is 17.9 Å². The van der Waals surface area contributed by atoms with E-state index in [2.05, 4.69) is 9.97 Å². The van der Waals surface area contributed by atoms with Gasteiger partial charge in [0.15, 0.2) is 0 Å². The minimum Gasteiger partial charge on any atom is -0.376 e. The fourth-order valence-electron chi connectivity index (χ4n) is 2.61. The predicted octanol–water partition coefficient (Wildman–Crippen LogP) is -0.421. The van der Waals surface area contributed by atoms with Gasteiger partial charge < -0.3 is 24.1 Å². The van der Waals surface area contributed by atoms with Crippen molar-refractivity contribution < 1.29 is 19.0 Å². The predicted molar refractivity (Wildman–Crippen MR) is 77.9 cm³/mol. The number of rotatable bonds is 4. The third-order valence-corrected chi connectivity index (χ3v) is 3.81. The number of hydrogen-bond donors (Lipinski definition) is 1. The Morgan fingerprint density at radius 3 is 2.73 bits per heavy atom. The van der Waals surface area contributed by atoms with E-state index in [1.54, 1.807) is 34.3 Å². The molecule has 1 aromatic rings. The number of nitrogens with zero attached hydrogens (tertiary/aromatic N) is 2. The van der Waals surface area contributed by atoms with E-state index in [9.17, 15) is 9.59 Å². The molecular weight excluding hydrogens is 290 g/mol. The third kappa shape index (κ3) is 3.34. The second-order valence-corrected chi connectivity index (χ2v) is 5.25. The molecule has 1 amide bonds. The van der Waals surface area contributed by atoms with Crippen molar-refractivity contribution in [1.29, 1.82) is 0 Å². The Labute approximate surface area is 128 Å². The van der Waals surface area contributed by atoms with E-state index in [4.69, 9.17) is 14.2 Å². The van der Waals surface area contributed by atoms with Gasteiger partial charge in [0, 0.05) is 27.0 Å². The molecule has 2 heterocycles. The van der Waals surface area contributed by atoms with Crippen molar-refractivity contribution in [1.82, 2.24) is 14.9 Å². The number of aromatic nitrogens is 2. The number of ether oxygens (including phenoxy) is 3. The van der Waals surface area contributed by atoms with Gasteiger partial charge in [0.25, 0.3) is 5.91 Å². The number of hydrogen-bond acceptors (Lipinski definition) is 6. The Morgan fingerprint density at radius 1 is 1.41 bits per heavy atom. The summed E-state index contributed by atoms with van der Waals surface area (Å²) >= 11 is 0. The highest BCUT2D eigenvalue weighted by Crippen LogP contribution is 2.20. The van der Waals surface area contributed by atoms with Crippen LogP contribution in [0.15, 0.2) is 10.9 Å². The maximum atomic E-state index is 12.6. The quantitative estimate of drug-likeness (QED) is 0.811. The summed E-state index contributed by atoms with van der Waals surface area (Å²) in [6.07, 6.45) is -0.566. The van der Waals surface area contributed by atoms with Crippen molar-refractivity contribution in [3.8, 4) is 0 Å². The Balaban J connectivity index is 2.23. The highest BCUT2D eigenvalue weighted by atomic mass is 16.6. The smallest absolute Gasteiger partial charge is 0.345 e. The molecule has 2 rings (SSSR count). The Morgan fingerprint density at radius 2 is 2.14 bits per heavy atom. The first kappa shape index (κ1) is 16.6. The van der Waals surface area contributed by atoms with Gasteiger partial charge in [-0.05, 0) is 13.0 Å². The van der Waals surface area contributed by atoms with E-state index >= 15 is 0 Å². The lowest BCUT2D eigenvalue weighted by Gasteiger charge is -2.40. The van der Waals surface area contributed by atoms with Crippen molar-refractivity contribution in [2.45, 2.75) is 25.2 Å². The van der Waals surface area contributed by atoms with Crippen LogP contribution in [0.25, 0.3) is 0 Å². The molecule has 3 atom stereocenters. The zero-order valence-corrected chi connectivity index (χ0v) is 13.2. The second kappa shape index (κ2) is 6.99. The van der Waals surface area contributed by atoms with E-state index in [-0.39, 0.29) is 29.9 Å². The van der Waals surface area contributed by atoms with Crippen molar-refractivity contribution in [3.05, 3.63) is 27.9 Å². The van der Waals surface area contributed by atoms with Crippen molar-refractivity contribution in [3.63, 3.8) is 0 Å². The molecule has 1 aromatic heterocycles. The number of nitrogens with one attached hydrogen (secondary N) is 1. The summed E-state index contributed by atoms with van der Waals surface area (Å²) in [5.41, 5.74) is 0.127. The summed E-state index contributed by atoms with van der Waals surface area (Å²) in [4.78, 5) is 31.7. The first-order valence-corrected chi connectivity index (χ1v) is 6.96. The van der Waals surface area contributed by atoms with Crippen LogP contribution < -0.4 is 5.69 Å². The Bertz CT molecular complexity index is 588. The molecule has 0 bridgehead atoms. The fraction of sp³-hybridized carbons (Fsp3) is 0.643. The number of H-pyrrole nitrogens is 1. The minimum absolute atomic E-state index is 0.0955. The number of likely N-dealkylation sites (N-methyl/N-ethyl adjacent to an activating group) is 1. The summed E-state index contributed by atoms with van der Waals surface area (Å²) < 4.78 is 16.3. The molecule has 0 saturated carbocycles. The van der Waals surface area contributed by atoms with Crippen LogP contribution in [-0.4, -0.2) is 73.5 Å². The van der Waals surface area contributed by atoms with E-state index in [1.807, 2.05) is 0 Å². The van der Waals surface area contributed by atoms with Gasteiger partial charge in [-0.2, -0.15) is 4.98 Å². The van der Waals surface area contributed by atoms with Gasteiger partial charge >= 0.3 is 5.69 Å². The van der Waals surface area contributed by atoms with Crippen LogP contribution in [0, 0.1) is 6.92 Å². The van der Waals surface area contributed by atoms with E-state index < -0.39 is 5.69 Å². The Hall–Kier alpha value is -1.77. The monoisotopic (exact) mass is 311 g/mol. The van der Waals surface area contributed by atoms with Gasteiger partial charge in [0.05, 0.1) is 19.3 Å². The molecule has 1 fully saturated rings. The van der Waals surface area contributed by atoms with Crippen LogP contribution in [0.1, 0.15) is 16.2 Å². The zero-order chi connectivity index (χ0) is 16.3. The summed E-state index contributed by atoms with van der Waals surface area (Å²) in [6.45, 7) is 2.45. The van der Waals surface area contributed by atoms with Crippen molar-refractivity contribution in [2.24, 2.45) is 0 Å². The number of aromatic amines is 1. The molecule has 1 N–H and O–H groups in total. The molecule has 1 aliphatic heterocycles. The standard InChI is InChI=1S/C14H21N3O5/c1-8-5-9(16-14(19)15-8)13(18)17(2)10-6-22-7-11(20-3)12(10)21-4/h5,10-12H,6-7H2,1-4H3,(H,15,16,19)/t10-,11-,12+/m1/s1. The lowest BCUT2D eigenvalue weighted by Crippen LogP contribution is -2.57. The van der Waals surface area contributed by atoms with Gasteiger partial charge in [-0.3, -0.25) is 4.79 Å². The van der Waals surface area contributed by atoms with Gasteiger partial charge in [-0.1, -0.05) is 0 Å². The first-order chi connectivity index (χ1) is 10.5. The minimum atomic E-state index is -0.547. The number of amides is 1. The first-order valence-electron chi connectivity index (χ1n) is 6.96. The number of carbonyl (C=O) groups is 1. The van der Waals surface area contributed by atoms with Crippen LogP contribution in [0.5, 0.6) is 0 Å². The molecule has 0 aliphatic carbocycles. The molecule has 1 saturated heterocycles. The average molecular weight is 311 g/mol. The molecule has 122 valence electrons. The third-order valence-electron chi connectivity index (χ3n) is 3.81. The van der Waals surface area contributed by atoms with Crippen LogP contribution in [0.2, 0.25) is 0 Å². The molecule has 8 heteroatoms. The molecule has 0 aromatic carbocycles. The van der Waals surface area contributed by atoms with E-state index in [0.717, 1.165) is 0 Å². The lowest BCUT2D eigenvalue weighted by molar-refractivity contribution is -0.147. The van der Waals surface area contributed by atoms with Crippen LogP contribution >= 0.6 is 0 Å². The maximum Gasteiger partial charge on any atom is 0.345 e. The van der Waals surface area contributed by atoms with Crippen LogP contribution in [-0.2, 0) is 14.2 Å². The van der Waals surface area contributed by atoms with Crippen LogP contribution in [0.3, 0.4) is 0 Å². The van der Waals surface area contributed by atoms with Gasteiger partial charge in [-0.25, -0.2) is 4.79 Å². The largest absolute Gasteiger partial charge is 0.376 e. The normalized spacial score (nSPS) is 25.0. The van der Waals surface area contributed by atoms with E-state index in [1.165, 1.54) is 4.90 Å². The van der Waals surface area contributed by atoms with Crippen molar-refractivity contribution in [2.75, 3.05) is 34.5 Å². The topological polar surface area (TPSA) is 93.8 Å². The van der Waals surface area contributed by atoms with Crippen LogP contribution in [0.4, 0.5) is 0 Å². The second-order valence-electron chi connectivity index (χ2n) is 5.25. The number of carbonyl (C=O) groups excluding carboxylic acids is 1. The lowest BCUT2D eigenvalue weighted by atomic mass is 10.0. The highest BCUT2D eigenvalue weighted by Gasteiger charge is 2.39. The summed E-state index contributed by atoms with van der Waals surface area (Å²) in [6, 6.07) is 1.22. The molecule has 1 aliphatic rings. The van der Waals surface area contributed by atoms with E-state index in [0.29, 0.717) is 18.9 Å². The summed E-state index contributed by atoms with van der Waals surface area (Å²) in [5, 5.41) is 0. The fourth-order valence-corrected chi connectivity index (χ4v) is 2.61. The van der Waals surface area contributed by atoms with Gasteiger partial charge in [-0.15, -0.1) is 0 Å². The Kier molecular flexibility index (Phi) is 5.28. The number of methoxy groups -OCH3 is 2. The molecule has 0 radical (unpaired) electrons. The number of aryl methyl sites for hydroxylation is 1. The molecule has 0 spiro atoms. The average Bonchev–Trinajstić information content (AvgIpc) is 2.51. The summed E-state index contributed by atoms with van der Waals surface area (Å²) in [5.74, 6) is -0.360. The van der Waals surface area contributed by atoms with Crippen molar-refractivity contribution >= 4 is 5.91 Å².